The highest BCUT2D eigenvalue weighted by Gasteiger charge is 2.21. The third kappa shape index (κ3) is 2.99. The number of ether oxygens (including phenoxy) is 4. The Morgan fingerprint density at radius 1 is 1.37 bits per heavy atom. The minimum absolute atomic E-state index is 0.242. The second kappa shape index (κ2) is 6.13. The van der Waals surface area contributed by atoms with Crippen molar-refractivity contribution >= 4 is 5.97 Å². The molecule has 0 spiro atoms. The highest BCUT2D eigenvalue weighted by atomic mass is 16.6. The summed E-state index contributed by atoms with van der Waals surface area (Å²) in [5, 5.41) is 0. The van der Waals surface area contributed by atoms with Crippen molar-refractivity contribution in [3.8, 4) is 17.2 Å². The van der Waals surface area contributed by atoms with Crippen LogP contribution in [-0.4, -0.2) is 32.9 Å². The lowest BCUT2D eigenvalue weighted by atomic mass is 10.1. The molecule has 1 aromatic carbocycles. The number of esters is 1. The summed E-state index contributed by atoms with van der Waals surface area (Å²) < 4.78 is 21.2. The zero-order valence-electron chi connectivity index (χ0n) is 11.0. The topological polar surface area (TPSA) is 54.0 Å². The Morgan fingerprint density at radius 2 is 2.16 bits per heavy atom. The molecule has 0 fully saturated rings. The highest BCUT2D eigenvalue weighted by Crippen LogP contribution is 2.40. The fourth-order valence-electron chi connectivity index (χ4n) is 1.69. The first-order valence-corrected chi connectivity index (χ1v) is 6.02. The van der Waals surface area contributed by atoms with Gasteiger partial charge in [-0.25, -0.2) is 4.79 Å². The number of methoxy groups -OCH3 is 1. The number of fused-ring (bicyclic) bond motifs is 1. The van der Waals surface area contributed by atoms with E-state index in [9.17, 15) is 4.79 Å². The third-order valence-electron chi connectivity index (χ3n) is 2.61. The van der Waals surface area contributed by atoms with Crippen LogP contribution in [0.2, 0.25) is 0 Å². The van der Waals surface area contributed by atoms with E-state index in [2.05, 4.69) is 0 Å². The Labute approximate surface area is 111 Å². The minimum atomic E-state index is -0.423. The van der Waals surface area contributed by atoms with Gasteiger partial charge in [0.05, 0.1) is 12.7 Å². The van der Waals surface area contributed by atoms with Crippen LogP contribution in [-0.2, 0) is 4.74 Å². The van der Waals surface area contributed by atoms with Gasteiger partial charge in [-0.2, -0.15) is 0 Å². The number of hydrogen-bond donors (Lipinski definition) is 0. The largest absolute Gasteiger partial charge is 0.493 e. The van der Waals surface area contributed by atoms with Crippen molar-refractivity contribution < 1.29 is 23.7 Å². The number of carbonyl (C=O) groups is 1. The maximum Gasteiger partial charge on any atom is 0.338 e. The molecule has 0 aromatic heterocycles. The number of benzene rings is 1. The number of allylic oxidation sites excluding steroid dienone is 1. The second-order valence-corrected chi connectivity index (χ2v) is 3.87. The van der Waals surface area contributed by atoms with Gasteiger partial charge in [0, 0.05) is 0 Å². The van der Waals surface area contributed by atoms with Crippen LogP contribution in [0.4, 0.5) is 0 Å². The smallest absolute Gasteiger partial charge is 0.338 e. The number of carbonyl (C=O) groups excluding carboxylic acids is 1. The first-order valence-electron chi connectivity index (χ1n) is 6.02. The molecule has 1 aliphatic rings. The van der Waals surface area contributed by atoms with Gasteiger partial charge in [0.15, 0.2) is 11.5 Å². The van der Waals surface area contributed by atoms with E-state index < -0.39 is 5.97 Å². The van der Waals surface area contributed by atoms with Crippen LogP contribution in [0.1, 0.15) is 17.3 Å². The van der Waals surface area contributed by atoms with Crippen molar-refractivity contribution in [1.82, 2.24) is 0 Å². The molecule has 0 amide bonds. The molecule has 1 heterocycles. The van der Waals surface area contributed by atoms with Gasteiger partial charge in [0.2, 0.25) is 5.75 Å². The molecule has 0 N–H and O–H groups in total. The fourth-order valence-corrected chi connectivity index (χ4v) is 1.69. The molecule has 5 heteroatoms. The van der Waals surface area contributed by atoms with Crippen molar-refractivity contribution in [2.45, 2.75) is 6.92 Å². The molecule has 102 valence electrons. The Balaban J connectivity index is 2.23. The zero-order chi connectivity index (χ0) is 13.7. The summed E-state index contributed by atoms with van der Waals surface area (Å²) in [7, 11) is 1.52. The fraction of sp³-hybridized carbons (Fsp3) is 0.357. The number of hydrogen-bond acceptors (Lipinski definition) is 5. The predicted molar refractivity (Wildman–Crippen MR) is 69.1 cm³/mol. The lowest BCUT2D eigenvalue weighted by Gasteiger charge is -2.21. The van der Waals surface area contributed by atoms with Crippen LogP contribution in [0, 0.1) is 0 Å². The molecule has 0 saturated heterocycles. The lowest BCUT2D eigenvalue weighted by Crippen LogP contribution is -2.17. The van der Waals surface area contributed by atoms with E-state index in [1.165, 1.54) is 7.11 Å². The summed E-state index contributed by atoms with van der Waals surface area (Å²) in [4.78, 5) is 11.9. The van der Waals surface area contributed by atoms with Crippen LogP contribution in [0.5, 0.6) is 17.2 Å². The standard InChI is InChI=1S/C14H16O5/c1-3-4-5-19-14(15)10-8-11(16-2)13-12(9-10)17-6-7-18-13/h3-4,8-9H,5-7H2,1-2H3. The van der Waals surface area contributed by atoms with Gasteiger partial charge in [-0.1, -0.05) is 12.2 Å². The van der Waals surface area contributed by atoms with Crippen LogP contribution in [0.3, 0.4) is 0 Å². The van der Waals surface area contributed by atoms with Gasteiger partial charge in [-0.3, -0.25) is 0 Å². The molecule has 0 unspecified atom stereocenters. The first-order chi connectivity index (χ1) is 9.26. The average Bonchev–Trinajstić information content (AvgIpc) is 2.46. The van der Waals surface area contributed by atoms with E-state index >= 15 is 0 Å². The van der Waals surface area contributed by atoms with Crippen molar-refractivity contribution in [3.63, 3.8) is 0 Å². The normalized spacial score (nSPS) is 13.4. The van der Waals surface area contributed by atoms with E-state index in [0.29, 0.717) is 36.0 Å². The second-order valence-electron chi connectivity index (χ2n) is 3.87. The van der Waals surface area contributed by atoms with Crippen LogP contribution >= 0.6 is 0 Å². The van der Waals surface area contributed by atoms with Crippen molar-refractivity contribution in [2.75, 3.05) is 26.9 Å². The first kappa shape index (κ1) is 13.3. The Hall–Kier alpha value is -2.17. The van der Waals surface area contributed by atoms with E-state index in [0.717, 1.165) is 0 Å². The third-order valence-corrected chi connectivity index (χ3v) is 2.61. The number of rotatable bonds is 4. The maximum absolute atomic E-state index is 11.9. The summed E-state index contributed by atoms with van der Waals surface area (Å²) in [6, 6.07) is 3.19. The summed E-state index contributed by atoms with van der Waals surface area (Å²) in [5.41, 5.74) is 0.380. The highest BCUT2D eigenvalue weighted by molar-refractivity contribution is 5.91. The molecule has 0 bridgehead atoms. The van der Waals surface area contributed by atoms with Gasteiger partial charge in [-0.05, 0) is 19.1 Å². The van der Waals surface area contributed by atoms with Crippen LogP contribution in [0.25, 0.3) is 0 Å². The summed E-state index contributed by atoms with van der Waals surface area (Å²) in [6.07, 6.45) is 3.57. The Morgan fingerprint density at radius 3 is 2.89 bits per heavy atom. The molecule has 1 aromatic rings. The van der Waals surface area contributed by atoms with E-state index in [-0.39, 0.29) is 6.61 Å². The van der Waals surface area contributed by atoms with Crippen molar-refractivity contribution in [1.29, 1.82) is 0 Å². The maximum atomic E-state index is 11.9. The summed E-state index contributed by atoms with van der Waals surface area (Å²) in [5.74, 6) is 1.07. The van der Waals surface area contributed by atoms with Gasteiger partial charge in [-0.15, -0.1) is 0 Å². The van der Waals surface area contributed by atoms with Gasteiger partial charge < -0.3 is 18.9 Å². The molecule has 0 radical (unpaired) electrons. The predicted octanol–water partition coefficient (Wildman–Crippen LogP) is 2.20. The zero-order valence-corrected chi connectivity index (χ0v) is 11.0. The average molecular weight is 264 g/mol. The molecular formula is C14H16O5. The molecule has 0 aliphatic carbocycles. The van der Waals surface area contributed by atoms with Crippen LogP contribution in [0.15, 0.2) is 24.3 Å². The van der Waals surface area contributed by atoms with Crippen molar-refractivity contribution in [3.05, 3.63) is 29.8 Å². The monoisotopic (exact) mass is 264 g/mol. The molecule has 0 saturated carbocycles. The van der Waals surface area contributed by atoms with Crippen molar-refractivity contribution in [2.24, 2.45) is 0 Å². The molecule has 5 nitrogen and oxygen atoms in total. The minimum Gasteiger partial charge on any atom is -0.493 e. The molecule has 19 heavy (non-hydrogen) atoms. The lowest BCUT2D eigenvalue weighted by molar-refractivity contribution is 0.0547. The van der Waals surface area contributed by atoms with Gasteiger partial charge in [0.25, 0.3) is 0 Å². The van der Waals surface area contributed by atoms with E-state index in [1.54, 1.807) is 18.2 Å². The van der Waals surface area contributed by atoms with Gasteiger partial charge >= 0.3 is 5.97 Å². The quantitative estimate of drug-likeness (QED) is 0.616. The molecule has 0 atom stereocenters. The van der Waals surface area contributed by atoms with Crippen LogP contribution < -0.4 is 14.2 Å². The molecular weight excluding hydrogens is 248 g/mol. The molecule has 2 rings (SSSR count). The SMILES string of the molecule is CC=CCOC(=O)c1cc(OC)c2c(c1)OCCO2. The summed E-state index contributed by atoms with van der Waals surface area (Å²) >= 11 is 0. The summed E-state index contributed by atoms with van der Waals surface area (Å²) in [6.45, 7) is 3.02. The van der Waals surface area contributed by atoms with E-state index in [4.69, 9.17) is 18.9 Å². The Kier molecular flexibility index (Phi) is 4.28. The van der Waals surface area contributed by atoms with Gasteiger partial charge in [0.1, 0.15) is 19.8 Å². The molecule has 1 aliphatic heterocycles. The van der Waals surface area contributed by atoms with E-state index in [1.807, 2.05) is 13.0 Å². The Bertz CT molecular complexity index is 476.